The molecular weight excluding hydrogens is 379 g/mol. The molecule has 1 aromatic heterocycles. The zero-order valence-corrected chi connectivity index (χ0v) is 16.2. The number of halogens is 1. The van der Waals surface area contributed by atoms with Crippen LogP contribution in [0.5, 0.6) is 0 Å². The predicted molar refractivity (Wildman–Crippen MR) is 107 cm³/mol. The van der Waals surface area contributed by atoms with Crippen LogP contribution in [0, 0.1) is 5.82 Å². The Morgan fingerprint density at radius 1 is 1.14 bits per heavy atom. The van der Waals surface area contributed by atoms with Gasteiger partial charge in [0.25, 0.3) is 10.0 Å². The molecule has 0 aliphatic carbocycles. The van der Waals surface area contributed by atoms with Crippen molar-refractivity contribution >= 4 is 16.2 Å². The zero-order valence-electron chi connectivity index (χ0n) is 15.4. The maximum Gasteiger partial charge on any atom is 0.276 e. The molecule has 1 heterocycles. The molecule has 8 heteroatoms. The van der Waals surface area contributed by atoms with Crippen LogP contribution in [0.2, 0.25) is 0 Å². The summed E-state index contributed by atoms with van der Waals surface area (Å²) in [5.41, 5.74) is 3.00. The number of aromatic nitrogens is 2. The number of nitrogens with zero attached hydrogens (tertiary/aromatic N) is 2. The van der Waals surface area contributed by atoms with E-state index in [1.807, 2.05) is 12.1 Å². The van der Waals surface area contributed by atoms with E-state index >= 15 is 0 Å². The molecule has 0 saturated heterocycles. The SMILES string of the molecule is CCCCc1ccc(S(=O)(=O)NN=Cc2cn[nH]c2-c2ccc(F)cc2)cc1. The molecule has 0 bridgehead atoms. The number of hydrogen-bond acceptors (Lipinski definition) is 4. The summed E-state index contributed by atoms with van der Waals surface area (Å²) in [7, 11) is -3.76. The van der Waals surface area contributed by atoms with E-state index in [0.717, 1.165) is 24.8 Å². The van der Waals surface area contributed by atoms with Gasteiger partial charge in [-0.05, 0) is 54.8 Å². The van der Waals surface area contributed by atoms with Crippen LogP contribution in [-0.4, -0.2) is 24.8 Å². The number of rotatable bonds is 8. The summed E-state index contributed by atoms with van der Waals surface area (Å²) < 4.78 is 37.9. The third-order valence-electron chi connectivity index (χ3n) is 4.23. The van der Waals surface area contributed by atoms with Gasteiger partial charge < -0.3 is 0 Å². The van der Waals surface area contributed by atoms with Crippen LogP contribution in [0.3, 0.4) is 0 Å². The molecule has 2 aromatic carbocycles. The Morgan fingerprint density at radius 2 is 1.86 bits per heavy atom. The Bertz CT molecular complexity index is 1040. The van der Waals surface area contributed by atoms with Crippen molar-refractivity contribution in [3.05, 3.63) is 71.7 Å². The van der Waals surface area contributed by atoms with E-state index in [-0.39, 0.29) is 10.7 Å². The van der Waals surface area contributed by atoms with Crippen molar-refractivity contribution in [1.29, 1.82) is 0 Å². The molecule has 146 valence electrons. The van der Waals surface area contributed by atoms with Gasteiger partial charge in [-0.15, -0.1) is 0 Å². The number of sulfonamides is 1. The van der Waals surface area contributed by atoms with Crippen LogP contribution in [0.1, 0.15) is 30.9 Å². The van der Waals surface area contributed by atoms with Gasteiger partial charge in [-0.1, -0.05) is 25.5 Å². The largest absolute Gasteiger partial charge is 0.277 e. The summed E-state index contributed by atoms with van der Waals surface area (Å²) in [5.74, 6) is -0.341. The first kappa shape index (κ1) is 19.8. The maximum absolute atomic E-state index is 13.1. The molecular formula is C20H21FN4O2S. The van der Waals surface area contributed by atoms with Crippen LogP contribution in [0.4, 0.5) is 4.39 Å². The molecule has 0 aliphatic heterocycles. The van der Waals surface area contributed by atoms with Gasteiger partial charge in [-0.2, -0.15) is 18.6 Å². The second-order valence-corrected chi connectivity index (χ2v) is 7.97. The van der Waals surface area contributed by atoms with E-state index in [4.69, 9.17) is 0 Å². The van der Waals surface area contributed by atoms with Crippen LogP contribution < -0.4 is 4.83 Å². The second kappa shape index (κ2) is 8.79. The first-order valence-electron chi connectivity index (χ1n) is 8.92. The smallest absolute Gasteiger partial charge is 0.276 e. The van der Waals surface area contributed by atoms with Crippen LogP contribution in [0.25, 0.3) is 11.3 Å². The quantitative estimate of drug-likeness (QED) is 0.444. The van der Waals surface area contributed by atoms with Crippen molar-refractivity contribution in [3.63, 3.8) is 0 Å². The molecule has 0 radical (unpaired) electrons. The first-order valence-corrected chi connectivity index (χ1v) is 10.4. The number of unbranched alkanes of at least 4 members (excludes halogenated alkanes) is 1. The molecule has 0 saturated carbocycles. The molecule has 3 rings (SSSR count). The molecule has 2 N–H and O–H groups in total. The van der Waals surface area contributed by atoms with Crippen molar-refractivity contribution in [3.8, 4) is 11.3 Å². The number of hydrogen-bond donors (Lipinski definition) is 2. The van der Waals surface area contributed by atoms with E-state index in [1.165, 1.54) is 24.5 Å². The van der Waals surface area contributed by atoms with Crippen molar-refractivity contribution in [2.75, 3.05) is 0 Å². The van der Waals surface area contributed by atoms with E-state index in [9.17, 15) is 12.8 Å². The van der Waals surface area contributed by atoms with Crippen molar-refractivity contribution in [2.45, 2.75) is 31.1 Å². The van der Waals surface area contributed by atoms with Gasteiger partial charge in [-0.25, -0.2) is 9.22 Å². The van der Waals surface area contributed by atoms with Gasteiger partial charge in [-0.3, -0.25) is 5.10 Å². The van der Waals surface area contributed by atoms with Crippen LogP contribution in [-0.2, 0) is 16.4 Å². The summed E-state index contributed by atoms with van der Waals surface area (Å²) in [6.07, 6.45) is 5.95. The Morgan fingerprint density at radius 3 is 2.54 bits per heavy atom. The maximum atomic E-state index is 13.1. The van der Waals surface area contributed by atoms with E-state index in [1.54, 1.807) is 24.3 Å². The highest BCUT2D eigenvalue weighted by Gasteiger charge is 2.13. The molecule has 0 fully saturated rings. The molecule has 3 aromatic rings. The van der Waals surface area contributed by atoms with Gasteiger partial charge in [0.2, 0.25) is 0 Å². The summed E-state index contributed by atoms with van der Waals surface area (Å²) >= 11 is 0. The van der Waals surface area contributed by atoms with Crippen LogP contribution in [0.15, 0.2) is 64.7 Å². The molecule has 0 amide bonds. The summed E-state index contributed by atoms with van der Waals surface area (Å²) in [6.45, 7) is 2.11. The van der Waals surface area contributed by atoms with Crippen molar-refractivity contribution in [2.24, 2.45) is 5.10 Å². The minimum Gasteiger partial charge on any atom is -0.277 e. The fourth-order valence-corrected chi connectivity index (χ4v) is 3.47. The topological polar surface area (TPSA) is 87.2 Å². The van der Waals surface area contributed by atoms with Gasteiger partial charge in [0.05, 0.1) is 23.0 Å². The lowest BCUT2D eigenvalue weighted by atomic mass is 10.1. The van der Waals surface area contributed by atoms with Crippen molar-refractivity contribution < 1.29 is 12.8 Å². The minimum atomic E-state index is -3.76. The minimum absolute atomic E-state index is 0.149. The average Bonchev–Trinajstić information content (AvgIpc) is 3.15. The highest BCUT2D eigenvalue weighted by Crippen LogP contribution is 2.20. The Labute approximate surface area is 163 Å². The lowest BCUT2D eigenvalue weighted by Gasteiger charge is -2.05. The number of hydrazone groups is 1. The predicted octanol–water partition coefficient (Wildman–Crippen LogP) is 3.87. The fraction of sp³-hybridized carbons (Fsp3) is 0.200. The highest BCUT2D eigenvalue weighted by atomic mass is 32.2. The summed E-state index contributed by atoms with van der Waals surface area (Å²) in [5, 5.41) is 10.6. The lowest BCUT2D eigenvalue weighted by Crippen LogP contribution is -2.18. The summed E-state index contributed by atoms with van der Waals surface area (Å²) in [6, 6.07) is 12.7. The molecule has 28 heavy (non-hydrogen) atoms. The van der Waals surface area contributed by atoms with Gasteiger partial charge >= 0.3 is 0 Å². The van der Waals surface area contributed by atoms with E-state index in [0.29, 0.717) is 16.8 Å². The zero-order chi connectivity index (χ0) is 20.0. The third kappa shape index (κ3) is 4.83. The van der Waals surface area contributed by atoms with Gasteiger partial charge in [0, 0.05) is 11.1 Å². The second-order valence-electron chi connectivity index (χ2n) is 6.31. The first-order chi connectivity index (χ1) is 13.5. The molecule has 0 spiro atoms. The van der Waals surface area contributed by atoms with Crippen molar-refractivity contribution in [1.82, 2.24) is 15.0 Å². The normalized spacial score (nSPS) is 11.8. The third-order valence-corrected chi connectivity index (χ3v) is 5.47. The number of aryl methyl sites for hydroxylation is 1. The number of benzene rings is 2. The summed E-state index contributed by atoms with van der Waals surface area (Å²) in [4.78, 5) is 2.35. The number of nitrogens with one attached hydrogen (secondary N) is 2. The van der Waals surface area contributed by atoms with E-state index in [2.05, 4.69) is 27.1 Å². The number of H-pyrrole nitrogens is 1. The van der Waals surface area contributed by atoms with Gasteiger partial charge in [0.15, 0.2) is 0 Å². The molecule has 0 unspecified atom stereocenters. The number of aromatic amines is 1. The Kier molecular flexibility index (Phi) is 6.20. The Hall–Kier alpha value is -3.00. The molecule has 6 nitrogen and oxygen atoms in total. The standard InChI is InChI=1S/C20H21FN4O2S/c1-2-3-4-15-5-11-19(12-6-15)28(26,27)25-23-14-17-13-22-24-20(17)16-7-9-18(21)10-8-16/h5-14,25H,2-4H2,1H3,(H,22,24). The van der Waals surface area contributed by atoms with Gasteiger partial charge in [0.1, 0.15) is 5.82 Å². The highest BCUT2D eigenvalue weighted by molar-refractivity contribution is 7.89. The fourth-order valence-electron chi connectivity index (χ4n) is 2.68. The average molecular weight is 400 g/mol. The van der Waals surface area contributed by atoms with Crippen LogP contribution >= 0.6 is 0 Å². The lowest BCUT2D eigenvalue weighted by molar-refractivity contribution is 0.584. The monoisotopic (exact) mass is 400 g/mol. The van der Waals surface area contributed by atoms with E-state index < -0.39 is 10.0 Å². The molecule has 0 atom stereocenters. The Balaban J connectivity index is 1.70. The molecule has 0 aliphatic rings.